The number of fused-ring (bicyclic) bond motifs is 3. The van der Waals surface area contributed by atoms with Crippen molar-refractivity contribution in [3.05, 3.63) is 113 Å². The molecule has 0 unspecified atom stereocenters. The molecule has 9 nitrogen and oxygen atoms in total. The standard InChI is InChI=1S/C40H42F3N5O4/c1-6-36(49)48-23-39(3,4)52-35-21-28(9-12-33(35)48)47-15-13-40(14-16-47)22-26(29-10-8-27(41)20-30(29)40)19-37(50)46(5)34(38-45-44-24(2)51-38)18-25-7-11-31(42)32(43)17-25/h6-12,17,20-21,26,34H,1,13-16,18-19,22-23H2,2-5H3/t26-,34-/m1/s1. The number of hydrogen-bond donors (Lipinski definition) is 0. The Kier molecular flexibility index (Phi) is 9.12. The van der Waals surface area contributed by atoms with Gasteiger partial charge in [0.25, 0.3) is 5.91 Å². The lowest BCUT2D eigenvalue weighted by Gasteiger charge is -2.43. The first-order chi connectivity index (χ1) is 24.8. The second-order valence-corrected chi connectivity index (χ2v) is 14.9. The summed E-state index contributed by atoms with van der Waals surface area (Å²) in [4.78, 5) is 32.2. The van der Waals surface area contributed by atoms with E-state index in [0.29, 0.717) is 48.9 Å². The molecule has 4 aromatic rings. The van der Waals surface area contributed by atoms with E-state index in [1.165, 1.54) is 23.1 Å². The molecule has 3 heterocycles. The summed E-state index contributed by atoms with van der Waals surface area (Å²) in [5.41, 5.74) is 3.20. The molecular formula is C40H42F3N5O4. The molecule has 7 rings (SSSR count). The predicted molar refractivity (Wildman–Crippen MR) is 190 cm³/mol. The van der Waals surface area contributed by atoms with Crippen molar-refractivity contribution in [2.75, 3.05) is 36.5 Å². The lowest BCUT2D eigenvalue weighted by molar-refractivity contribution is -0.133. The molecule has 2 amide bonds. The Bertz CT molecular complexity index is 2040. The first-order valence-corrected chi connectivity index (χ1v) is 17.6. The first kappa shape index (κ1) is 35.3. The lowest BCUT2D eigenvalue weighted by Crippen LogP contribution is -2.49. The third kappa shape index (κ3) is 6.66. The Hall–Kier alpha value is -5.13. The van der Waals surface area contributed by atoms with Gasteiger partial charge in [0, 0.05) is 51.7 Å². The zero-order valence-electron chi connectivity index (χ0n) is 29.8. The number of carbonyl (C=O) groups is 2. The highest BCUT2D eigenvalue weighted by atomic mass is 19.2. The fraction of sp³-hybridized carbons (Fsp3) is 0.400. The van der Waals surface area contributed by atoms with Crippen molar-refractivity contribution >= 4 is 23.2 Å². The number of aryl methyl sites for hydroxylation is 1. The Morgan fingerprint density at radius 2 is 1.81 bits per heavy atom. The number of hydrogen-bond acceptors (Lipinski definition) is 7. The Balaban J connectivity index is 1.09. The fourth-order valence-corrected chi connectivity index (χ4v) is 8.25. The Morgan fingerprint density at radius 1 is 1.04 bits per heavy atom. The highest BCUT2D eigenvalue weighted by molar-refractivity contribution is 6.02. The summed E-state index contributed by atoms with van der Waals surface area (Å²) in [6.45, 7) is 11.0. The molecule has 1 aliphatic carbocycles. The third-order valence-electron chi connectivity index (χ3n) is 10.9. The number of amides is 2. The molecule has 0 N–H and O–H groups in total. The number of rotatable bonds is 8. The van der Waals surface area contributed by atoms with Crippen molar-refractivity contribution in [3.63, 3.8) is 0 Å². The molecule has 2 atom stereocenters. The fourth-order valence-electron chi connectivity index (χ4n) is 8.25. The number of anilines is 2. The van der Waals surface area contributed by atoms with Crippen molar-refractivity contribution in [2.45, 2.75) is 75.9 Å². The number of benzene rings is 3. The SMILES string of the molecule is C=CC(=O)N1CC(C)(C)Oc2cc(N3CCC4(CC3)C[C@@H](CC(=O)N(C)[C@H](Cc3ccc(F)c(F)c3)c3nnc(C)o3)c3ccc(F)cc34)ccc21. The van der Waals surface area contributed by atoms with Crippen LogP contribution in [0.15, 0.2) is 71.7 Å². The summed E-state index contributed by atoms with van der Waals surface area (Å²) in [7, 11) is 1.65. The van der Waals surface area contributed by atoms with Gasteiger partial charge in [0.15, 0.2) is 11.6 Å². The van der Waals surface area contributed by atoms with Crippen molar-refractivity contribution in [1.29, 1.82) is 0 Å². The second kappa shape index (κ2) is 13.4. The van der Waals surface area contributed by atoms with Gasteiger partial charge >= 0.3 is 0 Å². The van der Waals surface area contributed by atoms with Crippen LogP contribution in [0.4, 0.5) is 24.5 Å². The molecule has 1 spiro atoms. The van der Waals surface area contributed by atoms with E-state index in [4.69, 9.17) is 9.15 Å². The molecule has 1 saturated heterocycles. The number of ether oxygens (including phenoxy) is 1. The quantitative estimate of drug-likeness (QED) is 0.177. The average molecular weight is 714 g/mol. The molecule has 1 aromatic heterocycles. The van der Waals surface area contributed by atoms with E-state index < -0.39 is 23.3 Å². The van der Waals surface area contributed by atoms with Crippen LogP contribution in [-0.4, -0.2) is 59.2 Å². The van der Waals surface area contributed by atoms with Crippen molar-refractivity contribution in [3.8, 4) is 5.75 Å². The molecular weight excluding hydrogens is 671 g/mol. The average Bonchev–Trinajstić information content (AvgIpc) is 3.67. The molecule has 272 valence electrons. The number of aromatic nitrogens is 2. The Morgan fingerprint density at radius 3 is 2.50 bits per heavy atom. The van der Waals surface area contributed by atoms with Gasteiger partial charge in [-0.3, -0.25) is 9.59 Å². The molecule has 0 radical (unpaired) electrons. The molecule has 12 heteroatoms. The van der Waals surface area contributed by atoms with Gasteiger partial charge < -0.3 is 23.9 Å². The summed E-state index contributed by atoms with van der Waals surface area (Å²) in [6.07, 6.45) is 3.82. The third-order valence-corrected chi connectivity index (χ3v) is 10.9. The van der Waals surface area contributed by atoms with E-state index in [9.17, 15) is 22.8 Å². The van der Waals surface area contributed by atoms with E-state index in [-0.39, 0.29) is 47.7 Å². The van der Waals surface area contributed by atoms with Gasteiger partial charge in [-0.25, -0.2) is 13.2 Å². The summed E-state index contributed by atoms with van der Waals surface area (Å²) in [6, 6.07) is 13.7. The van der Waals surface area contributed by atoms with E-state index in [1.54, 1.807) is 24.9 Å². The maximum atomic E-state index is 14.8. The van der Waals surface area contributed by atoms with Crippen LogP contribution < -0.4 is 14.5 Å². The van der Waals surface area contributed by atoms with Crippen LogP contribution in [0.25, 0.3) is 0 Å². The highest BCUT2D eigenvalue weighted by Gasteiger charge is 2.47. The van der Waals surface area contributed by atoms with Crippen LogP contribution in [0.3, 0.4) is 0 Å². The minimum atomic E-state index is -0.978. The van der Waals surface area contributed by atoms with Gasteiger partial charge in [-0.05, 0) is 104 Å². The molecule has 0 bridgehead atoms. The molecule has 0 saturated carbocycles. The molecule has 3 aromatic carbocycles. The monoisotopic (exact) mass is 713 g/mol. The number of halogens is 3. The zero-order valence-corrected chi connectivity index (χ0v) is 29.8. The van der Waals surface area contributed by atoms with E-state index >= 15 is 0 Å². The number of nitrogens with zero attached hydrogens (tertiary/aromatic N) is 5. The van der Waals surface area contributed by atoms with Crippen LogP contribution in [0.2, 0.25) is 0 Å². The van der Waals surface area contributed by atoms with E-state index in [0.717, 1.165) is 41.8 Å². The summed E-state index contributed by atoms with van der Waals surface area (Å²) >= 11 is 0. The minimum Gasteiger partial charge on any atom is -0.484 e. The topological polar surface area (TPSA) is 92.0 Å². The van der Waals surface area contributed by atoms with Crippen molar-refractivity contribution in [1.82, 2.24) is 15.1 Å². The van der Waals surface area contributed by atoms with Crippen LogP contribution in [0, 0.1) is 24.4 Å². The molecule has 52 heavy (non-hydrogen) atoms. The first-order valence-electron chi connectivity index (χ1n) is 17.6. The molecule has 3 aliphatic rings. The lowest BCUT2D eigenvalue weighted by atomic mass is 9.73. The smallest absolute Gasteiger partial charge is 0.250 e. The Labute approximate surface area is 301 Å². The van der Waals surface area contributed by atoms with Gasteiger partial charge in [-0.1, -0.05) is 18.7 Å². The van der Waals surface area contributed by atoms with Crippen LogP contribution in [0.5, 0.6) is 5.75 Å². The largest absolute Gasteiger partial charge is 0.484 e. The van der Waals surface area contributed by atoms with Gasteiger partial charge in [-0.2, -0.15) is 0 Å². The van der Waals surface area contributed by atoms with Gasteiger partial charge in [-0.15, -0.1) is 10.2 Å². The van der Waals surface area contributed by atoms with Crippen molar-refractivity contribution < 1.29 is 31.9 Å². The maximum absolute atomic E-state index is 14.8. The van der Waals surface area contributed by atoms with Gasteiger partial charge in [0.1, 0.15) is 23.2 Å². The van der Waals surface area contributed by atoms with E-state index in [2.05, 4.69) is 21.7 Å². The predicted octanol–water partition coefficient (Wildman–Crippen LogP) is 7.34. The number of carbonyl (C=O) groups excluding carboxylic acids is 2. The molecule has 1 fully saturated rings. The van der Waals surface area contributed by atoms with Gasteiger partial charge in [0.05, 0.1) is 12.2 Å². The van der Waals surface area contributed by atoms with E-state index in [1.807, 2.05) is 38.1 Å². The van der Waals surface area contributed by atoms with Crippen LogP contribution >= 0.6 is 0 Å². The summed E-state index contributed by atoms with van der Waals surface area (Å²) in [5, 5.41) is 8.09. The van der Waals surface area contributed by atoms with Crippen molar-refractivity contribution in [2.24, 2.45) is 0 Å². The normalized spacial score (nSPS) is 19.1. The zero-order chi connectivity index (χ0) is 36.9. The summed E-state index contributed by atoms with van der Waals surface area (Å²) in [5.74, 6) is -1.60. The van der Waals surface area contributed by atoms with Crippen LogP contribution in [-0.2, 0) is 21.4 Å². The number of piperidine rings is 1. The van der Waals surface area contributed by atoms with Crippen LogP contribution in [0.1, 0.15) is 80.0 Å². The maximum Gasteiger partial charge on any atom is 0.250 e. The minimum absolute atomic E-state index is 0.140. The van der Waals surface area contributed by atoms with Gasteiger partial charge in [0.2, 0.25) is 17.7 Å². The molecule has 2 aliphatic heterocycles. The second-order valence-electron chi connectivity index (χ2n) is 14.9. The summed E-state index contributed by atoms with van der Waals surface area (Å²) < 4.78 is 54.7. The number of likely N-dealkylation sites (N-methyl/N-ethyl adjacent to an activating group) is 1. The highest BCUT2D eigenvalue weighted by Crippen LogP contribution is 2.54.